The summed E-state index contributed by atoms with van der Waals surface area (Å²) >= 11 is 0. The van der Waals surface area contributed by atoms with Gasteiger partial charge in [-0.1, -0.05) is 42.5 Å². The molecule has 1 N–H and O–H groups in total. The van der Waals surface area contributed by atoms with E-state index in [9.17, 15) is 14.4 Å². The van der Waals surface area contributed by atoms with Crippen LogP contribution in [0.15, 0.2) is 48.5 Å². The maximum atomic E-state index is 12.3. The number of benzene rings is 2. The third-order valence-electron chi connectivity index (χ3n) is 4.65. The Labute approximate surface area is 163 Å². The van der Waals surface area contributed by atoms with Crippen molar-refractivity contribution in [2.24, 2.45) is 0 Å². The fourth-order valence-corrected chi connectivity index (χ4v) is 3.30. The molecule has 3 rings (SSSR count). The second kappa shape index (κ2) is 9.17. The topological polar surface area (TPSA) is 81.7 Å². The van der Waals surface area contributed by atoms with E-state index in [1.165, 1.54) is 0 Å². The van der Waals surface area contributed by atoms with Gasteiger partial charge in [-0.3, -0.25) is 9.59 Å². The normalized spacial score (nSPS) is 15.0. The van der Waals surface area contributed by atoms with Crippen molar-refractivity contribution in [3.8, 4) is 0 Å². The van der Waals surface area contributed by atoms with Crippen molar-refractivity contribution in [3.05, 3.63) is 70.8 Å². The third kappa shape index (κ3) is 4.97. The molecule has 0 saturated carbocycles. The highest BCUT2D eigenvalue weighted by Gasteiger charge is 2.30. The summed E-state index contributed by atoms with van der Waals surface area (Å²) in [6.45, 7) is 2.61. The minimum Gasteiger partial charge on any atom is -0.466 e. The summed E-state index contributed by atoms with van der Waals surface area (Å²) < 4.78 is 10.1. The first-order valence-electron chi connectivity index (χ1n) is 9.33. The average Bonchev–Trinajstić information content (AvgIpc) is 3.01. The largest absolute Gasteiger partial charge is 0.466 e. The van der Waals surface area contributed by atoms with E-state index < -0.39 is 6.09 Å². The molecule has 0 aromatic heterocycles. The standard InChI is InChI=1S/C22H23NO5/c1-2-27-21(25)11-16-8-9-18-17(12-20(24)19(18)10-16)13-23-22(26)28-14-15-6-4-3-5-7-15/h3-10,17H,2,11-14H2,1H3,(H,23,26). The highest BCUT2D eigenvalue weighted by molar-refractivity contribution is 6.01. The van der Waals surface area contributed by atoms with E-state index in [-0.39, 0.29) is 30.7 Å². The average molecular weight is 381 g/mol. The molecule has 146 valence electrons. The van der Waals surface area contributed by atoms with Crippen molar-refractivity contribution >= 4 is 17.8 Å². The lowest BCUT2D eigenvalue weighted by Crippen LogP contribution is -2.28. The number of esters is 1. The molecule has 2 aromatic rings. The van der Waals surface area contributed by atoms with Crippen LogP contribution in [0.1, 0.15) is 46.3 Å². The second-order valence-corrected chi connectivity index (χ2v) is 6.67. The Hall–Kier alpha value is -3.15. The molecular weight excluding hydrogens is 358 g/mol. The first kappa shape index (κ1) is 19.6. The van der Waals surface area contributed by atoms with Gasteiger partial charge in [0.25, 0.3) is 0 Å². The van der Waals surface area contributed by atoms with E-state index in [1.807, 2.05) is 42.5 Å². The van der Waals surface area contributed by atoms with Gasteiger partial charge in [0.2, 0.25) is 0 Å². The monoisotopic (exact) mass is 381 g/mol. The van der Waals surface area contributed by atoms with E-state index in [4.69, 9.17) is 9.47 Å². The summed E-state index contributed by atoms with van der Waals surface area (Å²) in [5, 5.41) is 2.73. The van der Waals surface area contributed by atoms with Crippen LogP contribution >= 0.6 is 0 Å². The number of amides is 1. The van der Waals surface area contributed by atoms with Crippen LogP contribution in [-0.4, -0.2) is 31.0 Å². The lowest BCUT2D eigenvalue weighted by Gasteiger charge is -2.13. The zero-order chi connectivity index (χ0) is 19.9. The molecule has 6 heteroatoms. The minimum atomic E-state index is -0.510. The molecule has 6 nitrogen and oxygen atoms in total. The molecule has 0 radical (unpaired) electrons. The van der Waals surface area contributed by atoms with Crippen LogP contribution in [0, 0.1) is 0 Å². The fraction of sp³-hybridized carbons (Fsp3) is 0.318. The maximum Gasteiger partial charge on any atom is 0.407 e. The molecule has 2 aromatic carbocycles. The minimum absolute atomic E-state index is 0.0187. The predicted molar refractivity (Wildman–Crippen MR) is 103 cm³/mol. The van der Waals surface area contributed by atoms with Gasteiger partial charge in [0.05, 0.1) is 13.0 Å². The van der Waals surface area contributed by atoms with Gasteiger partial charge in [0.1, 0.15) is 6.61 Å². The molecule has 0 fully saturated rings. The van der Waals surface area contributed by atoms with E-state index in [0.717, 1.165) is 16.7 Å². The van der Waals surface area contributed by atoms with Crippen LogP contribution in [0.5, 0.6) is 0 Å². The molecule has 0 spiro atoms. The number of Topliss-reactive ketones (excluding diaryl/α,β-unsaturated/α-hetero) is 1. The van der Waals surface area contributed by atoms with Gasteiger partial charge in [0.15, 0.2) is 5.78 Å². The van der Waals surface area contributed by atoms with Crippen LogP contribution in [0.3, 0.4) is 0 Å². The summed E-state index contributed by atoms with van der Waals surface area (Å²) in [5.41, 5.74) is 3.17. The van der Waals surface area contributed by atoms with Crippen molar-refractivity contribution in [3.63, 3.8) is 0 Å². The number of fused-ring (bicyclic) bond motifs is 1. The Morgan fingerprint density at radius 1 is 1.07 bits per heavy atom. The van der Waals surface area contributed by atoms with Crippen LogP contribution in [0.2, 0.25) is 0 Å². The van der Waals surface area contributed by atoms with Crippen molar-refractivity contribution in [2.45, 2.75) is 32.3 Å². The number of ketones is 1. The molecule has 0 heterocycles. The first-order chi connectivity index (χ1) is 13.6. The van der Waals surface area contributed by atoms with Crippen molar-refractivity contribution < 1.29 is 23.9 Å². The Morgan fingerprint density at radius 3 is 2.61 bits per heavy atom. The van der Waals surface area contributed by atoms with Gasteiger partial charge >= 0.3 is 12.1 Å². The highest BCUT2D eigenvalue weighted by Crippen LogP contribution is 2.33. The van der Waals surface area contributed by atoms with Crippen LogP contribution in [0.25, 0.3) is 0 Å². The Morgan fingerprint density at radius 2 is 1.86 bits per heavy atom. The number of hydrogen-bond acceptors (Lipinski definition) is 5. The fourth-order valence-electron chi connectivity index (χ4n) is 3.30. The number of carbonyl (C=O) groups is 3. The van der Waals surface area contributed by atoms with E-state index in [2.05, 4.69) is 5.32 Å². The van der Waals surface area contributed by atoms with Gasteiger partial charge in [0, 0.05) is 24.4 Å². The lowest BCUT2D eigenvalue weighted by molar-refractivity contribution is -0.142. The first-order valence-corrected chi connectivity index (χ1v) is 9.33. The van der Waals surface area contributed by atoms with Crippen molar-refractivity contribution in [2.75, 3.05) is 13.2 Å². The molecule has 1 aliphatic rings. The highest BCUT2D eigenvalue weighted by atomic mass is 16.5. The second-order valence-electron chi connectivity index (χ2n) is 6.67. The molecule has 1 atom stereocenters. The number of nitrogens with one attached hydrogen (secondary N) is 1. The number of hydrogen-bond donors (Lipinski definition) is 1. The van der Waals surface area contributed by atoms with Crippen molar-refractivity contribution in [1.82, 2.24) is 5.32 Å². The summed E-state index contributed by atoms with van der Waals surface area (Å²) in [6, 6.07) is 14.9. The summed E-state index contributed by atoms with van der Waals surface area (Å²) in [6.07, 6.45) is -0.0380. The van der Waals surface area contributed by atoms with Gasteiger partial charge < -0.3 is 14.8 Å². The summed E-state index contributed by atoms with van der Waals surface area (Å²) in [7, 11) is 0. The van der Waals surface area contributed by atoms with Gasteiger partial charge in [-0.05, 0) is 29.7 Å². The number of carbonyl (C=O) groups excluding carboxylic acids is 3. The quantitative estimate of drug-likeness (QED) is 0.744. The predicted octanol–water partition coefficient (Wildman–Crippen LogP) is 3.39. The number of rotatable bonds is 7. The van der Waals surface area contributed by atoms with Gasteiger partial charge in [-0.15, -0.1) is 0 Å². The zero-order valence-corrected chi connectivity index (χ0v) is 15.8. The van der Waals surface area contributed by atoms with E-state index in [1.54, 1.807) is 13.0 Å². The Kier molecular flexibility index (Phi) is 6.42. The molecule has 0 saturated heterocycles. The Balaban J connectivity index is 1.55. The van der Waals surface area contributed by atoms with Crippen molar-refractivity contribution in [1.29, 1.82) is 0 Å². The summed E-state index contributed by atoms with van der Waals surface area (Å²) in [5.74, 6) is -0.388. The maximum absolute atomic E-state index is 12.3. The number of alkyl carbamates (subject to hydrolysis) is 1. The smallest absolute Gasteiger partial charge is 0.407 e. The lowest BCUT2D eigenvalue weighted by atomic mass is 9.99. The molecular formula is C22H23NO5. The molecule has 1 unspecified atom stereocenters. The summed E-state index contributed by atoms with van der Waals surface area (Å²) in [4.78, 5) is 35.9. The van der Waals surface area contributed by atoms with Gasteiger partial charge in [-0.2, -0.15) is 0 Å². The van der Waals surface area contributed by atoms with Crippen LogP contribution in [-0.2, 0) is 27.3 Å². The molecule has 28 heavy (non-hydrogen) atoms. The van der Waals surface area contributed by atoms with Gasteiger partial charge in [-0.25, -0.2) is 4.79 Å². The molecule has 0 bridgehead atoms. The van der Waals surface area contributed by atoms with E-state index in [0.29, 0.717) is 25.1 Å². The molecule has 1 aliphatic carbocycles. The number of ether oxygens (including phenoxy) is 2. The Bertz CT molecular complexity index is 862. The van der Waals surface area contributed by atoms with Crippen LogP contribution < -0.4 is 5.32 Å². The van der Waals surface area contributed by atoms with Crippen LogP contribution in [0.4, 0.5) is 4.79 Å². The molecule has 1 amide bonds. The third-order valence-corrected chi connectivity index (χ3v) is 4.65. The zero-order valence-electron chi connectivity index (χ0n) is 15.8. The molecule has 0 aliphatic heterocycles. The van der Waals surface area contributed by atoms with E-state index >= 15 is 0 Å². The SMILES string of the molecule is CCOC(=O)Cc1ccc2c(c1)C(=O)CC2CNC(=O)OCc1ccccc1.